The molecule has 0 spiro atoms. The second-order valence-corrected chi connectivity index (χ2v) is 6.56. The summed E-state index contributed by atoms with van der Waals surface area (Å²) >= 11 is 0. The summed E-state index contributed by atoms with van der Waals surface area (Å²) in [7, 11) is -3.80. The van der Waals surface area contributed by atoms with Crippen LogP contribution in [0, 0.1) is 27.7 Å². The molecule has 0 unspecified atom stereocenters. The third-order valence-corrected chi connectivity index (χ3v) is 4.64. The summed E-state index contributed by atoms with van der Waals surface area (Å²) in [4.78, 5) is 0.253. The Balaban J connectivity index is 2.43. The molecule has 0 N–H and O–H groups in total. The molecule has 0 aliphatic heterocycles. The molecule has 0 aliphatic rings. The van der Waals surface area contributed by atoms with Crippen LogP contribution in [0.15, 0.2) is 41.3 Å². The first-order chi connectivity index (χ1) is 9.29. The minimum absolute atomic E-state index is 0.253. The van der Waals surface area contributed by atoms with Crippen LogP contribution in [0.25, 0.3) is 0 Å². The lowest BCUT2D eigenvalue weighted by atomic mass is 10.1. The molecule has 2 aromatic rings. The van der Waals surface area contributed by atoms with E-state index in [0.29, 0.717) is 16.9 Å². The molecular weight excluding hydrogens is 272 g/mol. The molecule has 4 heteroatoms. The van der Waals surface area contributed by atoms with Gasteiger partial charge in [-0.3, -0.25) is 0 Å². The zero-order chi connectivity index (χ0) is 14.9. The summed E-state index contributed by atoms with van der Waals surface area (Å²) in [5, 5.41) is 0. The zero-order valence-electron chi connectivity index (χ0n) is 12.1. The van der Waals surface area contributed by atoms with Gasteiger partial charge in [0.15, 0.2) is 0 Å². The van der Waals surface area contributed by atoms with E-state index in [1.165, 1.54) is 0 Å². The number of rotatable bonds is 3. The van der Waals surface area contributed by atoms with Crippen molar-refractivity contribution >= 4 is 10.1 Å². The minimum Gasteiger partial charge on any atom is -0.379 e. The van der Waals surface area contributed by atoms with Crippen LogP contribution in [0.5, 0.6) is 5.75 Å². The van der Waals surface area contributed by atoms with Gasteiger partial charge in [-0.15, -0.1) is 0 Å². The van der Waals surface area contributed by atoms with Crippen molar-refractivity contribution in [3.8, 4) is 5.75 Å². The number of benzene rings is 2. The predicted octanol–water partition coefficient (Wildman–Crippen LogP) is 3.69. The summed E-state index contributed by atoms with van der Waals surface area (Å²) in [5.74, 6) is 0.329. The number of aryl methyl sites for hydroxylation is 4. The van der Waals surface area contributed by atoms with E-state index in [4.69, 9.17) is 4.18 Å². The molecule has 0 saturated heterocycles. The lowest BCUT2D eigenvalue weighted by molar-refractivity contribution is 0.485. The highest BCUT2D eigenvalue weighted by Crippen LogP contribution is 2.25. The number of hydrogen-bond donors (Lipinski definition) is 0. The summed E-state index contributed by atoms with van der Waals surface area (Å²) in [5.41, 5.74) is 3.50. The van der Waals surface area contributed by atoms with Crippen LogP contribution in [0.2, 0.25) is 0 Å². The molecule has 2 rings (SSSR count). The highest BCUT2D eigenvalue weighted by Gasteiger charge is 2.22. The summed E-state index contributed by atoms with van der Waals surface area (Å²) in [6, 6.07) is 10.6. The maximum Gasteiger partial charge on any atom is 0.339 e. The zero-order valence-corrected chi connectivity index (χ0v) is 12.9. The third-order valence-electron chi connectivity index (χ3n) is 3.08. The molecule has 106 valence electrons. The lowest BCUT2D eigenvalue weighted by Crippen LogP contribution is -2.13. The Hall–Kier alpha value is -1.81. The Bertz CT molecular complexity index is 706. The molecule has 0 radical (unpaired) electrons. The van der Waals surface area contributed by atoms with E-state index in [9.17, 15) is 8.42 Å². The van der Waals surface area contributed by atoms with Crippen LogP contribution in [0.1, 0.15) is 22.3 Å². The van der Waals surface area contributed by atoms with E-state index in [1.54, 1.807) is 26.0 Å². The molecule has 20 heavy (non-hydrogen) atoms. The Kier molecular flexibility index (Phi) is 3.86. The van der Waals surface area contributed by atoms with Crippen molar-refractivity contribution in [2.75, 3.05) is 0 Å². The molecule has 0 fully saturated rings. The average molecular weight is 290 g/mol. The topological polar surface area (TPSA) is 43.4 Å². The van der Waals surface area contributed by atoms with E-state index >= 15 is 0 Å². The van der Waals surface area contributed by atoms with Crippen molar-refractivity contribution in [3.05, 3.63) is 58.7 Å². The minimum atomic E-state index is -3.80. The third kappa shape index (κ3) is 3.02. The van der Waals surface area contributed by atoms with Crippen LogP contribution in [-0.4, -0.2) is 8.42 Å². The summed E-state index contributed by atoms with van der Waals surface area (Å²) in [6.45, 7) is 7.44. The van der Waals surface area contributed by atoms with Gasteiger partial charge in [0.05, 0.1) is 0 Å². The molecule has 0 heterocycles. The highest BCUT2D eigenvalue weighted by molar-refractivity contribution is 7.87. The van der Waals surface area contributed by atoms with Gasteiger partial charge in [-0.25, -0.2) is 0 Å². The van der Waals surface area contributed by atoms with Gasteiger partial charge in [-0.1, -0.05) is 35.4 Å². The quantitative estimate of drug-likeness (QED) is 0.810. The summed E-state index contributed by atoms with van der Waals surface area (Å²) < 4.78 is 30.1. The molecule has 2 aromatic carbocycles. The molecule has 0 aromatic heterocycles. The average Bonchev–Trinajstić information content (AvgIpc) is 2.30. The van der Waals surface area contributed by atoms with Crippen LogP contribution in [0.4, 0.5) is 0 Å². The predicted molar refractivity (Wildman–Crippen MR) is 79.6 cm³/mol. The Morgan fingerprint density at radius 1 is 0.800 bits per heavy atom. The van der Waals surface area contributed by atoms with E-state index < -0.39 is 10.1 Å². The maximum atomic E-state index is 12.4. The fourth-order valence-corrected chi connectivity index (χ4v) is 3.68. The van der Waals surface area contributed by atoms with Crippen LogP contribution in [0.3, 0.4) is 0 Å². The van der Waals surface area contributed by atoms with Crippen molar-refractivity contribution in [2.45, 2.75) is 32.6 Å². The maximum absolute atomic E-state index is 12.4. The normalized spacial score (nSPS) is 11.4. The van der Waals surface area contributed by atoms with Gasteiger partial charge < -0.3 is 4.18 Å². The first kappa shape index (κ1) is 14.6. The fourth-order valence-electron chi connectivity index (χ4n) is 2.32. The van der Waals surface area contributed by atoms with E-state index in [0.717, 1.165) is 11.1 Å². The van der Waals surface area contributed by atoms with Crippen molar-refractivity contribution < 1.29 is 12.6 Å². The first-order valence-electron chi connectivity index (χ1n) is 6.38. The monoisotopic (exact) mass is 290 g/mol. The van der Waals surface area contributed by atoms with Gasteiger partial charge in [0.2, 0.25) is 0 Å². The largest absolute Gasteiger partial charge is 0.379 e. The molecule has 0 saturated carbocycles. The van der Waals surface area contributed by atoms with Crippen molar-refractivity contribution in [1.82, 2.24) is 0 Å². The Morgan fingerprint density at radius 3 is 1.80 bits per heavy atom. The van der Waals surface area contributed by atoms with Gasteiger partial charge in [0.25, 0.3) is 0 Å². The molecule has 0 aliphatic carbocycles. The van der Waals surface area contributed by atoms with E-state index in [1.807, 2.05) is 38.1 Å². The fraction of sp³-hybridized carbons (Fsp3) is 0.250. The molecule has 0 atom stereocenters. The van der Waals surface area contributed by atoms with Gasteiger partial charge >= 0.3 is 10.1 Å². The van der Waals surface area contributed by atoms with Crippen LogP contribution >= 0.6 is 0 Å². The first-order valence-corrected chi connectivity index (χ1v) is 7.79. The molecule has 0 bridgehead atoms. The highest BCUT2D eigenvalue weighted by atomic mass is 32.2. The molecular formula is C16H18O3S. The standard InChI is InChI=1S/C16H18O3S/c1-11-5-7-15(8-6-11)19-20(17,18)16-13(3)9-12(2)10-14(16)4/h5-10H,1-4H3. The van der Waals surface area contributed by atoms with E-state index in [-0.39, 0.29) is 4.90 Å². The molecule has 3 nitrogen and oxygen atoms in total. The van der Waals surface area contributed by atoms with Crippen LogP contribution < -0.4 is 4.18 Å². The Labute approximate surface area is 120 Å². The second kappa shape index (κ2) is 5.29. The SMILES string of the molecule is Cc1ccc(OS(=O)(=O)c2c(C)cc(C)cc2C)cc1. The second-order valence-electron chi connectivity index (χ2n) is 5.08. The van der Waals surface area contributed by atoms with Crippen LogP contribution in [-0.2, 0) is 10.1 Å². The van der Waals surface area contributed by atoms with Gasteiger partial charge in [-0.05, 0) is 51.0 Å². The van der Waals surface area contributed by atoms with Gasteiger partial charge in [0.1, 0.15) is 10.6 Å². The van der Waals surface area contributed by atoms with Crippen molar-refractivity contribution in [3.63, 3.8) is 0 Å². The smallest absolute Gasteiger partial charge is 0.339 e. The Morgan fingerprint density at radius 2 is 1.30 bits per heavy atom. The van der Waals surface area contributed by atoms with Crippen molar-refractivity contribution in [1.29, 1.82) is 0 Å². The van der Waals surface area contributed by atoms with Gasteiger partial charge in [0, 0.05) is 0 Å². The van der Waals surface area contributed by atoms with Gasteiger partial charge in [-0.2, -0.15) is 8.42 Å². The number of hydrogen-bond acceptors (Lipinski definition) is 3. The van der Waals surface area contributed by atoms with E-state index in [2.05, 4.69) is 0 Å². The molecule has 0 amide bonds. The summed E-state index contributed by atoms with van der Waals surface area (Å²) in [6.07, 6.45) is 0. The lowest BCUT2D eigenvalue weighted by Gasteiger charge is -2.13. The van der Waals surface area contributed by atoms with Crippen molar-refractivity contribution in [2.24, 2.45) is 0 Å².